The molecule has 2 aliphatic rings. The molecule has 0 radical (unpaired) electrons. The lowest BCUT2D eigenvalue weighted by atomic mass is 10.1. The fourth-order valence-corrected chi connectivity index (χ4v) is 3.81. The number of nitrogens with zero attached hydrogens (tertiary/aromatic N) is 4. The summed E-state index contributed by atoms with van der Waals surface area (Å²) in [6, 6.07) is 12.3. The molecule has 1 atom stereocenters. The lowest BCUT2D eigenvalue weighted by molar-refractivity contribution is 0.122. The first-order valence-electron chi connectivity index (χ1n) is 10.4. The number of morpholine rings is 2. The van der Waals surface area contributed by atoms with Crippen LogP contribution in [0.3, 0.4) is 0 Å². The molecule has 0 spiro atoms. The van der Waals surface area contributed by atoms with Crippen molar-refractivity contribution in [3.8, 4) is 0 Å². The molecule has 4 rings (SSSR count). The molecule has 30 heavy (non-hydrogen) atoms. The molecule has 1 aromatic carbocycles. The topological polar surface area (TPSA) is 74.8 Å². The summed E-state index contributed by atoms with van der Waals surface area (Å²) in [6.07, 6.45) is 0. The summed E-state index contributed by atoms with van der Waals surface area (Å²) in [5.41, 5.74) is 1.17. The minimum absolute atomic E-state index is 0.0762. The van der Waals surface area contributed by atoms with Gasteiger partial charge in [0, 0.05) is 32.2 Å². The molecule has 1 aromatic heterocycles. The Bertz CT molecular complexity index is 804. The second-order valence-electron chi connectivity index (χ2n) is 7.34. The van der Waals surface area contributed by atoms with Crippen molar-refractivity contribution in [3.63, 3.8) is 0 Å². The summed E-state index contributed by atoms with van der Waals surface area (Å²) in [6.45, 7) is 8.14. The molecule has 9 heteroatoms. The Hall–Kier alpha value is -2.49. The Labute approximate surface area is 182 Å². The van der Waals surface area contributed by atoms with Crippen molar-refractivity contribution >= 4 is 34.9 Å². The van der Waals surface area contributed by atoms with Gasteiger partial charge in [-0.05, 0) is 24.7 Å². The third kappa shape index (κ3) is 5.35. The molecular formula is C21H28N6O2S. The highest BCUT2D eigenvalue weighted by Crippen LogP contribution is 2.23. The highest BCUT2D eigenvalue weighted by molar-refractivity contribution is 7.80. The zero-order valence-corrected chi connectivity index (χ0v) is 18.0. The maximum atomic E-state index is 5.54. The summed E-state index contributed by atoms with van der Waals surface area (Å²) in [5, 5.41) is 7.00. The average Bonchev–Trinajstić information content (AvgIpc) is 2.80. The second-order valence-corrected chi connectivity index (χ2v) is 7.75. The van der Waals surface area contributed by atoms with Crippen LogP contribution >= 0.6 is 12.2 Å². The Balaban J connectivity index is 1.51. The van der Waals surface area contributed by atoms with Gasteiger partial charge in [0.25, 0.3) is 0 Å². The van der Waals surface area contributed by atoms with E-state index in [-0.39, 0.29) is 6.04 Å². The Morgan fingerprint density at radius 1 is 0.933 bits per heavy atom. The van der Waals surface area contributed by atoms with Crippen LogP contribution in [0.4, 0.5) is 17.6 Å². The van der Waals surface area contributed by atoms with Crippen LogP contribution in [0.1, 0.15) is 18.5 Å². The van der Waals surface area contributed by atoms with E-state index in [9.17, 15) is 0 Å². The van der Waals surface area contributed by atoms with Gasteiger partial charge in [0.15, 0.2) is 5.11 Å². The van der Waals surface area contributed by atoms with Gasteiger partial charge in [-0.25, -0.2) is 0 Å². The molecular weight excluding hydrogens is 400 g/mol. The van der Waals surface area contributed by atoms with Gasteiger partial charge < -0.3 is 29.9 Å². The van der Waals surface area contributed by atoms with Gasteiger partial charge in [-0.1, -0.05) is 30.3 Å². The largest absolute Gasteiger partial charge is 0.378 e. The smallest absolute Gasteiger partial charge is 0.232 e. The zero-order chi connectivity index (χ0) is 20.8. The molecule has 8 nitrogen and oxygen atoms in total. The third-order valence-electron chi connectivity index (χ3n) is 5.24. The van der Waals surface area contributed by atoms with E-state index in [1.54, 1.807) is 0 Å². The van der Waals surface area contributed by atoms with Gasteiger partial charge in [-0.3, -0.25) is 0 Å². The van der Waals surface area contributed by atoms with Crippen LogP contribution in [0, 0.1) is 0 Å². The Kier molecular flexibility index (Phi) is 6.93. The SMILES string of the molecule is C[C@@H](NC(=S)Nc1nc(N2CCOCC2)cc(N2CCOCC2)n1)c1ccccc1. The van der Waals surface area contributed by atoms with Crippen molar-refractivity contribution in [3.05, 3.63) is 42.0 Å². The van der Waals surface area contributed by atoms with E-state index in [0.717, 1.165) is 37.8 Å². The minimum atomic E-state index is 0.0762. The summed E-state index contributed by atoms with van der Waals surface area (Å²) in [5.74, 6) is 2.27. The first-order chi connectivity index (χ1) is 14.7. The Morgan fingerprint density at radius 3 is 2.00 bits per heavy atom. The van der Waals surface area contributed by atoms with E-state index in [0.29, 0.717) is 37.5 Å². The van der Waals surface area contributed by atoms with Crippen LogP contribution in [-0.4, -0.2) is 67.7 Å². The van der Waals surface area contributed by atoms with Crippen LogP contribution in [0.25, 0.3) is 0 Å². The van der Waals surface area contributed by atoms with E-state index in [4.69, 9.17) is 31.7 Å². The van der Waals surface area contributed by atoms with Crippen LogP contribution < -0.4 is 20.4 Å². The van der Waals surface area contributed by atoms with Gasteiger partial charge in [-0.2, -0.15) is 9.97 Å². The van der Waals surface area contributed by atoms with Gasteiger partial charge in [0.2, 0.25) is 5.95 Å². The number of ether oxygens (including phenoxy) is 2. The van der Waals surface area contributed by atoms with Gasteiger partial charge in [0.05, 0.1) is 32.5 Å². The second kappa shape index (κ2) is 10.0. The number of aromatic nitrogens is 2. The predicted octanol–water partition coefficient (Wildman–Crippen LogP) is 2.20. The van der Waals surface area contributed by atoms with E-state index in [2.05, 4.69) is 39.5 Å². The molecule has 0 bridgehead atoms. The first-order valence-corrected chi connectivity index (χ1v) is 10.8. The van der Waals surface area contributed by atoms with Crippen LogP contribution in [0.15, 0.2) is 36.4 Å². The lowest BCUT2D eigenvalue weighted by Crippen LogP contribution is -2.39. The Morgan fingerprint density at radius 2 is 1.47 bits per heavy atom. The van der Waals surface area contributed by atoms with Crippen molar-refractivity contribution in [1.29, 1.82) is 0 Å². The van der Waals surface area contributed by atoms with Crippen LogP contribution in [0.2, 0.25) is 0 Å². The van der Waals surface area contributed by atoms with Crippen molar-refractivity contribution in [2.45, 2.75) is 13.0 Å². The number of hydrogen-bond donors (Lipinski definition) is 2. The number of thiocarbonyl (C=S) groups is 1. The molecule has 0 aliphatic carbocycles. The molecule has 2 aliphatic heterocycles. The van der Waals surface area contributed by atoms with Gasteiger partial charge in [-0.15, -0.1) is 0 Å². The van der Waals surface area contributed by atoms with E-state index in [1.807, 2.05) is 24.3 Å². The molecule has 2 saturated heterocycles. The van der Waals surface area contributed by atoms with E-state index < -0.39 is 0 Å². The molecule has 0 amide bonds. The standard InChI is InChI=1S/C21H28N6O2S/c1-16(17-5-3-2-4-6-17)22-21(30)25-20-23-18(26-7-11-28-12-8-26)15-19(24-20)27-9-13-29-14-10-27/h2-6,15-16H,7-14H2,1H3,(H2,22,23,24,25,30)/t16-/m1/s1. The summed E-state index contributed by atoms with van der Waals surface area (Å²) in [7, 11) is 0. The maximum absolute atomic E-state index is 5.54. The minimum Gasteiger partial charge on any atom is -0.378 e. The van der Waals surface area contributed by atoms with Crippen molar-refractivity contribution in [1.82, 2.24) is 15.3 Å². The van der Waals surface area contributed by atoms with Crippen molar-refractivity contribution < 1.29 is 9.47 Å². The predicted molar refractivity (Wildman–Crippen MR) is 122 cm³/mol. The number of nitrogens with one attached hydrogen (secondary N) is 2. The molecule has 0 saturated carbocycles. The first kappa shape index (κ1) is 20.8. The summed E-state index contributed by atoms with van der Waals surface area (Å²) >= 11 is 5.54. The van der Waals surface area contributed by atoms with E-state index in [1.165, 1.54) is 5.56 Å². The third-order valence-corrected chi connectivity index (χ3v) is 5.46. The normalized spacial score (nSPS) is 18.0. The number of anilines is 3. The van der Waals surface area contributed by atoms with Crippen LogP contribution in [0.5, 0.6) is 0 Å². The monoisotopic (exact) mass is 428 g/mol. The molecule has 2 aromatic rings. The zero-order valence-electron chi connectivity index (χ0n) is 17.2. The van der Waals surface area contributed by atoms with Crippen molar-refractivity contribution in [2.24, 2.45) is 0 Å². The molecule has 0 unspecified atom stereocenters. The molecule has 2 fully saturated rings. The van der Waals surface area contributed by atoms with Crippen LogP contribution in [-0.2, 0) is 9.47 Å². The van der Waals surface area contributed by atoms with Gasteiger partial charge in [0.1, 0.15) is 11.6 Å². The van der Waals surface area contributed by atoms with Crippen molar-refractivity contribution in [2.75, 3.05) is 67.7 Å². The van der Waals surface area contributed by atoms with Gasteiger partial charge >= 0.3 is 0 Å². The summed E-state index contributed by atoms with van der Waals surface area (Å²) < 4.78 is 11.0. The maximum Gasteiger partial charge on any atom is 0.232 e. The average molecular weight is 429 g/mol. The van der Waals surface area contributed by atoms with E-state index >= 15 is 0 Å². The highest BCUT2D eigenvalue weighted by Gasteiger charge is 2.19. The fraction of sp³-hybridized carbons (Fsp3) is 0.476. The highest BCUT2D eigenvalue weighted by atomic mass is 32.1. The number of hydrogen-bond acceptors (Lipinski definition) is 7. The number of benzene rings is 1. The lowest BCUT2D eigenvalue weighted by Gasteiger charge is -2.31. The molecule has 3 heterocycles. The summed E-state index contributed by atoms with van der Waals surface area (Å²) in [4.78, 5) is 13.9. The quantitative estimate of drug-likeness (QED) is 0.697. The number of rotatable bonds is 5. The molecule has 160 valence electrons. The fourth-order valence-electron chi connectivity index (χ4n) is 3.55. The molecule has 2 N–H and O–H groups in total.